The van der Waals surface area contributed by atoms with Crippen LogP contribution in [0.4, 0.5) is 5.82 Å². The number of ether oxygens (including phenoxy) is 1. The number of hydrogen-bond donors (Lipinski definition) is 0. The molecule has 0 aromatic carbocycles. The average Bonchev–Trinajstić information content (AvgIpc) is 3.01. The highest BCUT2D eigenvalue weighted by molar-refractivity contribution is 5.58. The Labute approximate surface area is 101 Å². The zero-order valence-electron chi connectivity index (χ0n) is 9.80. The SMILES string of the molecule is C1=C[C@H]2O[C@@H]1c1ccnc(N3CCCCC3)c12. The first-order valence-corrected chi connectivity index (χ1v) is 6.51. The molecule has 3 heteroatoms. The fourth-order valence-corrected chi connectivity index (χ4v) is 3.17. The summed E-state index contributed by atoms with van der Waals surface area (Å²) in [5, 5.41) is 0. The minimum atomic E-state index is 0.153. The molecule has 2 bridgehead atoms. The Morgan fingerprint density at radius 3 is 2.82 bits per heavy atom. The van der Waals surface area contributed by atoms with Gasteiger partial charge in [-0.25, -0.2) is 4.98 Å². The standard InChI is InChI=1S/C14H16N2O/c1-2-8-16(9-3-1)14-13-10(6-7-15-14)11-4-5-12(13)17-11/h4-7,11-12H,1-3,8-9H2/t11-,12+/m0/s1. The van der Waals surface area contributed by atoms with Crippen LogP contribution in [0.15, 0.2) is 24.4 Å². The minimum absolute atomic E-state index is 0.153. The molecule has 1 fully saturated rings. The van der Waals surface area contributed by atoms with Gasteiger partial charge in [0, 0.05) is 24.8 Å². The molecule has 0 N–H and O–H groups in total. The number of hydrogen-bond acceptors (Lipinski definition) is 3. The summed E-state index contributed by atoms with van der Waals surface area (Å²) in [5.74, 6) is 1.17. The van der Waals surface area contributed by atoms with Gasteiger partial charge in [0.05, 0.1) is 0 Å². The van der Waals surface area contributed by atoms with Gasteiger partial charge in [-0.15, -0.1) is 0 Å². The second-order valence-electron chi connectivity index (χ2n) is 5.05. The molecule has 3 aliphatic rings. The zero-order chi connectivity index (χ0) is 11.2. The Balaban J connectivity index is 1.78. The number of rotatable bonds is 1. The monoisotopic (exact) mass is 228 g/mol. The van der Waals surface area contributed by atoms with E-state index >= 15 is 0 Å². The van der Waals surface area contributed by atoms with E-state index < -0.39 is 0 Å². The maximum atomic E-state index is 5.90. The minimum Gasteiger partial charge on any atom is -0.357 e. The number of pyridine rings is 1. The molecule has 3 nitrogen and oxygen atoms in total. The van der Waals surface area contributed by atoms with Crippen LogP contribution < -0.4 is 4.90 Å². The van der Waals surface area contributed by atoms with E-state index in [9.17, 15) is 0 Å². The van der Waals surface area contributed by atoms with E-state index in [1.165, 1.54) is 36.2 Å². The molecule has 0 spiro atoms. The first-order chi connectivity index (χ1) is 8.43. The molecule has 17 heavy (non-hydrogen) atoms. The third-order valence-corrected chi connectivity index (χ3v) is 4.00. The first kappa shape index (κ1) is 9.66. The van der Waals surface area contributed by atoms with Crippen molar-refractivity contribution in [1.82, 2.24) is 4.98 Å². The molecule has 88 valence electrons. The summed E-state index contributed by atoms with van der Waals surface area (Å²) in [7, 11) is 0. The second kappa shape index (κ2) is 3.57. The Morgan fingerprint density at radius 1 is 1.12 bits per heavy atom. The van der Waals surface area contributed by atoms with Crippen molar-refractivity contribution >= 4 is 5.82 Å². The van der Waals surface area contributed by atoms with Gasteiger partial charge < -0.3 is 9.64 Å². The van der Waals surface area contributed by atoms with Crippen LogP contribution in [0.25, 0.3) is 0 Å². The average molecular weight is 228 g/mol. The van der Waals surface area contributed by atoms with Gasteiger partial charge in [0.2, 0.25) is 0 Å². The summed E-state index contributed by atoms with van der Waals surface area (Å²) in [6.45, 7) is 2.29. The Bertz CT molecular complexity index is 477. The number of anilines is 1. The van der Waals surface area contributed by atoms with Gasteiger partial charge in [-0.1, -0.05) is 12.2 Å². The lowest BCUT2D eigenvalue weighted by atomic mass is 9.97. The lowest BCUT2D eigenvalue weighted by Crippen LogP contribution is -2.31. The van der Waals surface area contributed by atoms with Crippen LogP contribution in [0.1, 0.15) is 42.6 Å². The highest BCUT2D eigenvalue weighted by Gasteiger charge is 2.37. The molecular weight excluding hydrogens is 212 g/mol. The van der Waals surface area contributed by atoms with Gasteiger partial charge in [-0.2, -0.15) is 0 Å². The highest BCUT2D eigenvalue weighted by Crippen LogP contribution is 2.48. The summed E-state index contributed by atoms with van der Waals surface area (Å²) in [4.78, 5) is 7.04. The van der Waals surface area contributed by atoms with Crippen molar-refractivity contribution in [2.24, 2.45) is 0 Å². The first-order valence-electron chi connectivity index (χ1n) is 6.51. The van der Waals surface area contributed by atoms with Gasteiger partial charge in [0.1, 0.15) is 18.0 Å². The quantitative estimate of drug-likeness (QED) is 0.691. The molecule has 4 heterocycles. The van der Waals surface area contributed by atoms with Crippen molar-refractivity contribution in [2.75, 3.05) is 18.0 Å². The van der Waals surface area contributed by atoms with Gasteiger partial charge in [0.25, 0.3) is 0 Å². The van der Waals surface area contributed by atoms with E-state index in [2.05, 4.69) is 28.1 Å². The van der Waals surface area contributed by atoms with Crippen molar-refractivity contribution in [3.05, 3.63) is 35.5 Å². The van der Waals surface area contributed by atoms with Crippen LogP contribution in [0.2, 0.25) is 0 Å². The third-order valence-electron chi connectivity index (χ3n) is 4.00. The molecule has 0 radical (unpaired) electrons. The predicted molar refractivity (Wildman–Crippen MR) is 66.0 cm³/mol. The molecule has 0 saturated carbocycles. The summed E-state index contributed by atoms with van der Waals surface area (Å²) in [6.07, 6.45) is 10.5. The number of aromatic nitrogens is 1. The molecule has 4 rings (SSSR count). The Hall–Kier alpha value is -1.35. The molecule has 1 aromatic heterocycles. The van der Waals surface area contributed by atoms with E-state index in [-0.39, 0.29) is 12.2 Å². The summed E-state index contributed by atoms with van der Waals surface area (Å²) in [5.41, 5.74) is 2.65. The third kappa shape index (κ3) is 1.35. The van der Waals surface area contributed by atoms with E-state index in [1.54, 1.807) is 0 Å². The lowest BCUT2D eigenvalue weighted by Gasteiger charge is -2.30. The zero-order valence-corrected chi connectivity index (χ0v) is 9.80. The van der Waals surface area contributed by atoms with E-state index in [1.807, 2.05) is 6.20 Å². The topological polar surface area (TPSA) is 25.4 Å². The lowest BCUT2D eigenvalue weighted by molar-refractivity contribution is 0.0879. The van der Waals surface area contributed by atoms with Crippen molar-refractivity contribution in [1.29, 1.82) is 0 Å². The van der Waals surface area contributed by atoms with Gasteiger partial charge >= 0.3 is 0 Å². The van der Waals surface area contributed by atoms with Crippen molar-refractivity contribution < 1.29 is 4.74 Å². The van der Waals surface area contributed by atoms with Gasteiger partial charge in [0.15, 0.2) is 0 Å². The van der Waals surface area contributed by atoms with E-state index in [4.69, 9.17) is 4.74 Å². The fourth-order valence-electron chi connectivity index (χ4n) is 3.17. The summed E-state index contributed by atoms with van der Waals surface area (Å²) < 4.78 is 5.90. The van der Waals surface area contributed by atoms with Crippen LogP contribution in [0.5, 0.6) is 0 Å². The normalized spacial score (nSPS) is 29.8. The molecule has 1 aromatic rings. The largest absolute Gasteiger partial charge is 0.357 e. The number of nitrogens with zero attached hydrogens (tertiary/aromatic N) is 2. The molecule has 0 amide bonds. The molecule has 3 aliphatic heterocycles. The summed E-state index contributed by atoms with van der Waals surface area (Å²) in [6, 6.07) is 2.11. The smallest absolute Gasteiger partial charge is 0.135 e. The van der Waals surface area contributed by atoms with Gasteiger partial charge in [-0.3, -0.25) is 0 Å². The van der Waals surface area contributed by atoms with E-state index in [0.29, 0.717) is 0 Å². The molecule has 1 saturated heterocycles. The van der Waals surface area contributed by atoms with Gasteiger partial charge in [-0.05, 0) is 30.9 Å². The summed E-state index contributed by atoms with van der Waals surface area (Å²) >= 11 is 0. The number of piperidine rings is 1. The van der Waals surface area contributed by atoms with E-state index in [0.717, 1.165) is 13.1 Å². The van der Waals surface area contributed by atoms with Crippen LogP contribution in [0, 0.1) is 0 Å². The van der Waals surface area contributed by atoms with Crippen molar-refractivity contribution in [2.45, 2.75) is 31.5 Å². The molecule has 0 unspecified atom stereocenters. The molecular formula is C14H16N2O. The molecule has 2 atom stereocenters. The highest BCUT2D eigenvalue weighted by atomic mass is 16.5. The van der Waals surface area contributed by atoms with Crippen LogP contribution >= 0.6 is 0 Å². The van der Waals surface area contributed by atoms with Crippen LogP contribution in [-0.4, -0.2) is 18.1 Å². The Kier molecular flexibility index (Phi) is 2.03. The fraction of sp³-hybridized carbons (Fsp3) is 0.500. The Morgan fingerprint density at radius 2 is 1.94 bits per heavy atom. The maximum Gasteiger partial charge on any atom is 0.135 e. The van der Waals surface area contributed by atoms with Crippen LogP contribution in [-0.2, 0) is 4.74 Å². The second-order valence-corrected chi connectivity index (χ2v) is 5.05. The van der Waals surface area contributed by atoms with Crippen LogP contribution in [0.3, 0.4) is 0 Å². The molecule has 0 aliphatic carbocycles. The van der Waals surface area contributed by atoms with Crippen molar-refractivity contribution in [3.63, 3.8) is 0 Å². The number of fused-ring (bicyclic) bond motifs is 5. The maximum absolute atomic E-state index is 5.90. The predicted octanol–water partition coefficient (Wildman–Crippen LogP) is 2.75. The van der Waals surface area contributed by atoms with Crippen molar-refractivity contribution in [3.8, 4) is 0 Å².